The standard InChI is InChI=1S/C20H16F3N3O2/c1-28-17-8-5-13(6-9-17)19(27)26-16-7-10-18(24-12-16)25-15-4-2-3-14(11-15)20(21,22)23/h2-12H,1H3,(H,24,25)(H,26,27). The maximum absolute atomic E-state index is 12.8. The topological polar surface area (TPSA) is 63.2 Å². The fourth-order valence-electron chi connectivity index (χ4n) is 2.41. The van der Waals surface area contributed by atoms with Gasteiger partial charge in [0.05, 0.1) is 24.6 Å². The van der Waals surface area contributed by atoms with Crippen molar-refractivity contribution in [3.05, 3.63) is 78.0 Å². The van der Waals surface area contributed by atoms with Gasteiger partial charge >= 0.3 is 6.18 Å². The lowest BCUT2D eigenvalue weighted by molar-refractivity contribution is -0.137. The van der Waals surface area contributed by atoms with Crippen LogP contribution in [0.1, 0.15) is 15.9 Å². The Morgan fingerprint density at radius 1 is 1.00 bits per heavy atom. The maximum Gasteiger partial charge on any atom is 0.416 e. The minimum absolute atomic E-state index is 0.261. The van der Waals surface area contributed by atoms with Crippen molar-refractivity contribution in [2.75, 3.05) is 17.7 Å². The van der Waals surface area contributed by atoms with Crippen LogP contribution in [0.4, 0.5) is 30.4 Å². The second-order valence-electron chi connectivity index (χ2n) is 5.82. The molecule has 2 aromatic carbocycles. The van der Waals surface area contributed by atoms with Crippen LogP contribution in [0, 0.1) is 0 Å². The fourth-order valence-corrected chi connectivity index (χ4v) is 2.41. The van der Waals surface area contributed by atoms with Gasteiger partial charge in [-0.25, -0.2) is 4.98 Å². The molecule has 0 spiro atoms. The number of hydrogen-bond donors (Lipinski definition) is 2. The maximum atomic E-state index is 12.8. The smallest absolute Gasteiger partial charge is 0.416 e. The summed E-state index contributed by atoms with van der Waals surface area (Å²) in [6.45, 7) is 0. The zero-order valence-corrected chi connectivity index (χ0v) is 14.7. The summed E-state index contributed by atoms with van der Waals surface area (Å²) in [5, 5.41) is 5.50. The minimum Gasteiger partial charge on any atom is -0.497 e. The Hall–Kier alpha value is -3.55. The molecule has 0 saturated carbocycles. The lowest BCUT2D eigenvalue weighted by Crippen LogP contribution is -2.12. The SMILES string of the molecule is COc1ccc(C(=O)Nc2ccc(Nc3cccc(C(F)(F)F)c3)nc2)cc1. The molecule has 1 amide bonds. The lowest BCUT2D eigenvalue weighted by atomic mass is 10.2. The summed E-state index contributed by atoms with van der Waals surface area (Å²) in [6, 6.07) is 14.6. The predicted octanol–water partition coefficient (Wildman–Crippen LogP) is 5.10. The number of benzene rings is 2. The molecular formula is C20H16F3N3O2. The summed E-state index contributed by atoms with van der Waals surface area (Å²) in [7, 11) is 1.54. The van der Waals surface area contributed by atoms with Crippen LogP contribution in [0.2, 0.25) is 0 Å². The van der Waals surface area contributed by atoms with E-state index in [1.54, 1.807) is 36.4 Å². The van der Waals surface area contributed by atoms with E-state index in [1.165, 1.54) is 25.4 Å². The predicted molar refractivity (Wildman–Crippen MR) is 99.9 cm³/mol. The van der Waals surface area contributed by atoms with Crippen molar-refractivity contribution >= 4 is 23.1 Å². The molecule has 3 aromatic rings. The van der Waals surface area contributed by atoms with Crippen LogP contribution < -0.4 is 15.4 Å². The van der Waals surface area contributed by atoms with Crippen LogP contribution >= 0.6 is 0 Å². The van der Waals surface area contributed by atoms with Gasteiger partial charge in [-0.3, -0.25) is 4.79 Å². The number of hydrogen-bond acceptors (Lipinski definition) is 4. The normalized spacial score (nSPS) is 11.0. The summed E-state index contributed by atoms with van der Waals surface area (Å²) in [4.78, 5) is 16.3. The molecule has 144 valence electrons. The van der Waals surface area contributed by atoms with E-state index in [4.69, 9.17) is 4.74 Å². The van der Waals surface area contributed by atoms with Crippen LogP contribution in [-0.4, -0.2) is 18.0 Å². The van der Waals surface area contributed by atoms with Gasteiger partial charge in [0.2, 0.25) is 0 Å². The molecule has 0 fully saturated rings. The van der Waals surface area contributed by atoms with Gasteiger partial charge in [0, 0.05) is 11.3 Å². The van der Waals surface area contributed by atoms with E-state index in [2.05, 4.69) is 15.6 Å². The molecule has 0 radical (unpaired) electrons. The molecule has 0 aliphatic rings. The fraction of sp³-hybridized carbons (Fsp3) is 0.100. The lowest BCUT2D eigenvalue weighted by Gasteiger charge is -2.11. The number of methoxy groups -OCH3 is 1. The third-order valence-electron chi connectivity index (χ3n) is 3.84. The van der Waals surface area contributed by atoms with Crippen molar-refractivity contribution in [3.63, 3.8) is 0 Å². The van der Waals surface area contributed by atoms with Gasteiger partial charge in [-0.2, -0.15) is 13.2 Å². The van der Waals surface area contributed by atoms with Crippen molar-refractivity contribution in [1.82, 2.24) is 4.98 Å². The summed E-state index contributed by atoms with van der Waals surface area (Å²) < 4.78 is 43.4. The van der Waals surface area contributed by atoms with E-state index in [1.807, 2.05) is 0 Å². The second-order valence-corrected chi connectivity index (χ2v) is 5.82. The molecule has 0 saturated heterocycles. The number of halogens is 3. The average molecular weight is 387 g/mol. The highest BCUT2D eigenvalue weighted by Crippen LogP contribution is 2.31. The van der Waals surface area contributed by atoms with E-state index < -0.39 is 11.7 Å². The van der Waals surface area contributed by atoms with Gasteiger partial charge in [-0.1, -0.05) is 6.07 Å². The van der Waals surface area contributed by atoms with Gasteiger partial charge in [-0.15, -0.1) is 0 Å². The minimum atomic E-state index is -4.42. The molecule has 1 aromatic heterocycles. The number of ether oxygens (including phenoxy) is 1. The van der Waals surface area contributed by atoms with Gasteiger partial charge in [0.25, 0.3) is 5.91 Å². The Morgan fingerprint density at radius 3 is 2.36 bits per heavy atom. The zero-order valence-electron chi connectivity index (χ0n) is 14.7. The number of aromatic nitrogens is 1. The quantitative estimate of drug-likeness (QED) is 0.639. The number of rotatable bonds is 5. The van der Waals surface area contributed by atoms with Gasteiger partial charge < -0.3 is 15.4 Å². The van der Waals surface area contributed by atoms with Crippen LogP contribution in [0.15, 0.2) is 66.9 Å². The van der Waals surface area contributed by atoms with Crippen LogP contribution in [-0.2, 0) is 6.18 Å². The highest BCUT2D eigenvalue weighted by Gasteiger charge is 2.30. The van der Waals surface area contributed by atoms with Crippen molar-refractivity contribution < 1.29 is 22.7 Å². The zero-order chi connectivity index (χ0) is 20.1. The van der Waals surface area contributed by atoms with Crippen molar-refractivity contribution in [1.29, 1.82) is 0 Å². The summed E-state index contributed by atoms with van der Waals surface area (Å²) >= 11 is 0. The number of nitrogens with zero attached hydrogens (tertiary/aromatic N) is 1. The first kappa shape index (κ1) is 19.2. The Labute approximate surface area is 159 Å². The Balaban J connectivity index is 1.65. The third kappa shape index (κ3) is 4.79. The second kappa shape index (κ2) is 7.99. The largest absolute Gasteiger partial charge is 0.497 e. The number of carbonyl (C=O) groups is 1. The number of pyridine rings is 1. The Morgan fingerprint density at radius 2 is 1.75 bits per heavy atom. The summed E-state index contributed by atoms with van der Waals surface area (Å²) in [5.74, 6) is 0.674. The first-order chi connectivity index (χ1) is 13.3. The van der Waals surface area contributed by atoms with Crippen LogP contribution in [0.25, 0.3) is 0 Å². The molecule has 3 rings (SSSR count). The molecule has 0 aliphatic carbocycles. The highest BCUT2D eigenvalue weighted by atomic mass is 19.4. The molecule has 28 heavy (non-hydrogen) atoms. The Kier molecular flexibility index (Phi) is 5.49. The molecule has 0 atom stereocenters. The summed E-state index contributed by atoms with van der Waals surface area (Å²) in [6.07, 6.45) is -3.00. The molecule has 8 heteroatoms. The first-order valence-electron chi connectivity index (χ1n) is 8.21. The Bertz CT molecular complexity index is 956. The van der Waals surface area contributed by atoms with Crippen LogP contribution in [0.5, 0.6) is 5.75 Å². The van der Waals surface area contributed by atoms with Crippen molar-refractivity contribution in [3.8, 4) is 5.75 Å². The van der Waals surface area contributed by atoms with E-state index >= 15 is 0 Å². The number of amides is 1. The number of alkyl halides is 3. The molecule has 0 aliphatic heterocycles. The molecule has 0 unspecified atom stereocenters. The van der Waals surface area contributed by atoms with Gasteiger partial charge in [0.1, 0.15) is 11.6 Å². The van der Waals surface area contributed by atoms with Gasteiger partial charge in [-0.05, 0) is 54.6 Å². The number of carbonyl (C=O) groups excluding carboxylic acids is 1. The first-order valence-corrected chi connectivity index (χ1v) is 8.21. The average Bonchev–Trinajstić information content (AvgIpc) is 2.69. The highest BCUT2D eigenvalue weighted by molar-refractivity contribution is 6.04. The number of anilines is 3. The van der Waals surface area contributed by atoms with Crippen molar-refractivity contribution in [2.45, 2.75) is 6.18 Å². The molecule has 1 heterocycles. The van der Waals surface area contributed by atoms with E-state index in [0.29, 0.717) is 22.8 Å². The molecule has 2 N–H and O–H groups in total. The van der Waals surface area contributed by atoms with Gasteiger partial charge in [0.15, 0.2) is 0 Å². The third-order valence-corrected chi connectivity index (χ3v) is 3.84. The molecule has 5 nitrogen and oxygen atoms in total. The molecule has 0 bridgehead atoms. The van der Waals surface area contributed by atoms with Crippen molar-refractivity contribution in [2.24, 2.45) is 0 Å². The van der Waals surface area contributed by atoms with E-state index in [9.17, 15) is 18.0 Å². The van der Waals surface area contributed by atoms with Crippen LogP contribution in [0.3, 0.4) is 0 Å². The summed E-state index contributed by atoms with van der Waals surface area (Å²) in [5.41, 5.74) is 0.417. The van der Waals surface area contributed by atoms with E-state index in [-0.39, 0.29) is 11.6 Å². The van der Waals surface area contributed by atoms with E-state index in [0.717, 1.165) is 12.1 Å². The molecular weight excluding hydrogens is 371 g/mol. The monoisotopic (exact) mass is 387 g/mol. The number of nitrogens with one attached hydrogen (secondary N) is 2.